The number of carbonyl (C=O) groups excluding carboxylic acids is 2. The lowest BCUT2D eigenvalue weighted by Crippen LogP contribution is -2.32. The van der Waals surface area contributed by atoms with Crippen molar-refractivity contribution in [1.29, 1.82) is 0 Å². The van der Waals surface area contributed by atoms with E-state index >= 15 is 0 Å². The van der Waals surface area contributed by atoms with Gasteiger partial charge in [-0.2, -0.15) is 0 Å². The molecule has 2 fully saturated rings. The van der Waals surface area contributed by atoms with Gasteiger partial charge in [-0.15, -0.1) is 0 Å². The highest BCUT2D eigenvalue weighted by Gasteiger charge is 2.59. The Morgan fingerprint density at radius 2 is 1.31 bits per heavy atom. The standard InChI is InChI=1S/C21H16BrNO3/c22-14-3-7-16(8-4-14)26-17-9-5-15(6-10-17)23-20(24)18-12-1-2-13(11-12)19(18)21(23)25/h1-10,12-13,18-19H,11H2/t12-,13+,18-,19+. The van der Waals surface area contributed by atoms with Crippen molar-refractivity contribution in [3.8, 4) is 11.5 Å². The monoisotopic (exact) mass is 409 g/mol. The Morgan fingerprint density at radius 1 is 0.808 bits per heavy atom. The third kappa shape index (κ3) is 2.34. The first-order valence-electron chi connectivity index (χ1n) is 8.71. The van der Waals surface area contributed by atoms with Crippen LogP contribution >= 0.6 is 15.9 Å². The summed E-state index contributed by atoms with van der Waals surface area (Å²) in [4.78, 5) is 27.0. The highest BCUT2D eigenvalue weighted by atomic mass is 79.9. The van der Waals surface area contributed by atoms with Crippen molar-refractivity contribution in [1.82, 2.24) is 0 Å². The van der Waals surface area contributed by atoms with E-state index in [1.807, 2.05) is 24.3 Å². The van der Waals surface area contributed by atoms with Crippen molar-refractivity contribution >= 4 is 33.4 Å². The van der Waals surface area contributed by atoms with E-state index < -0.39 is 0 Å². The molecule has 1 saturated heterocycles. The van der Waals surface area contributed by atoms with E-state index in [4.69, 9.17) is 4.74 Å². The lowest BCUT2D eigenvalue weighted by molar-refractivity contribution is -0.123. The second-order valence-electron chi connectivity index (χ2n) is 7.06. The summed E-state index contributed by atoms with van der Waals surface area (Å²) in [6.45, 7) is 0. The molecule has 1 saturated carbocycles. The molecule has 0 spiro atoms. The molecule has 1 heterocycles. The molecule has 2 bridgehead atoms. The van der Waals surface area contributed by atoms with Crippen molar-refractivity contribution < 1.29 is 14.3 Å². The van der Waals surface area contributed by atoms with Gasteiger partial charge in [0, 0.05) is 4.47 Å². The number of imide groups is 1. The Bertz CT molecular complexity index is 889. The summed E-state index contributed by atoms with van der Waals surface area (Å²) in [7, 11) is 0. The number of rotatable bonds is 3. The molecule has 4 nitrogen and oxygen atoms in total. The Hall–Kier alpha value is -2.40. The van der Waals surface area contributed by atoms with Crippen LogP contribution in [0, 0.1) is 23.7 Å². The number of carbonyl (C=O) groups is 2. The first-order chi connectivity index (χ1) is 12.6. The number of ether oxygens (including phenoxy) is 1. The minimum atomic E-state index is -0.170. The molecule has 26 heavy (non-hydrogen) atoms. The largest absolute Gasteiger partial charge is 0.457 e. The molecular weight excluding hydrogens is 394 g/mol. The van der Waals surface area contributed by atoms with Crippen molar-refractivity contribution in [2.75, 3.05) is 4.90 Å². The van der Waals surface area contributed by atoms with E-state index in [1.165, 1.54) is 4.90 Å². The van der Waals surface area contributed by atoms with Crippen molar-refractivity contribution in [2.24, 2.45) is 23.7 Å². The molecule has 2 aliphatic carbocycles. The fraction of sp³-hybridized carbons (Fsp3) is 0.238. The van der Waals surface area contributed by atoms with Crippen LogP contribution in [0.3, 0.4) is 0 Å². The number of fused-ring (bicyclic) bond motifs is 5. The summed E-state index contributed by atoms with van der Waals surface area (Å²) < 4.78 is 6.79. The fourth-order valence-corrected chi connectivity index (χ4v) is 4.72. The number of hydrogen-bond donors (Lipinski definition) is 0. The van der Waals surface area contributed by atoms with Gasteiger partial charge in [-0.1, -0.05) is 28.1 Å². The highest BCUT2D eigenvalue weighted by Crippen LogP contribution is 2.53. The number of hydrogen-bond acceptors (Lipinski definition) is 3. The Balaban J connectivity index is 1.37. The summed E-state index contributed by atoms with van der Waals surface area (Å²) in [5.41, 5.74) is 0.622. The summed E-state index contributed by atoms with van der Waals surface area (Å²) in [6.07, 6.45) is 5.16. The number of halogens is 1. The molecule has 1 aliphatic heterocycles. The maximum absolute atomic E-state index is 12.8. The summed E-state index contributed by atoms with van der Waals surface area (Å²) in [6, 6.07) is 14.7. The molecule has 2 aromatic rings. The minimum Gasteiger partial charge on any atom is -0.457 e. The lowest BCUT2D eigenvalue weighted by atomic mass is 9.85. The van der Waals surface area contributed by atoms with Gasteiger partial charge in [0.05, 0.1) is 17.5 Å². The van der Waals surface area contributed by atoms with E-state index in [0.29, 0.717) is 11.4 Å². The van der Waals surface area contributed by atoms with Gasteiger partial charge in [0.2, 0.25) is 11.8 Å². The molecule has 0 unspecified atom stereocenters. The summed E-state index contributed by atoms with van der Waals surface area (Å²) in [5.74, 6) is 1.39. The van der Waals surface area contributed by atoms with E-state index in [-0.39, 0.29) is 35.5 Å². The van der Waals surface area contributed by atoms with Crippen LogP contribution in [0.25, 0.3) is 0 Å². The molecule has 5 rings (SSSR count). The van der Waals surface area contributed by atoms with Gasteiger partial charge < -0.3 is 4.74 Å². The average molecular weight is 410 g/mol. The first kappa shape index (κ1) is 15.8. The predicted molar refractivity (Wildman–Crippen MR) is 101 cm³/mol. The SMILES string of the molecule is O=C1[C@@H]2[C@H](C(=O)N1c1ccc(Oc3ccc(Br)cc3)cc1)[C@@H]1C=C[C@H]2C1. The quantitative estimate of drug-likeness (QED) is 0.551. The van der Waals surface area contributed by atoms with Gasteiger partial charge in [0.25, 0.3) is 0 Å². The van der Waals surface area contributed by atoms with E-state index in [2.05, 4.69) is 28.1 Å². The van der Waals surface area contributed by atoms with Crippen molar-refractivity contribution in [3.63, 3.8) is 0 Å². The maximum atomic E-state index is 12.8. The summed E-state index contributed by atoms with van der Waals surface area (Å²) >= 11 is 3.39. The second-order valence-corrected chi connectivity index (χ2v) is 7.98. The molecule has 0 N–H and O–H groups in total. The lowest BCUT2D eigenvalue weighted by Gasteiger charge is -2.17. The van der Waals surface area contributed by atoms with Crippen LogP contribution in [0.15, 0.2) is 65.2 Å². The van der Waals surface area contributed by atoms with Crippen molar-refractivity contribution in [3.05, 3.63) is 65.2 Å². The first-order valence-corrected chi connectivity index (χ1v) is 9.51. The Morgan fingerprint density at radius 3 is 1.85 bits per heavy atom. The number of nitrogens with zero attached hydrogens (tertiary/aromatic N) is 1. The van der Waals surface area contributed by atoms with Crippen LogP contribution in [-0.2, 0) is 9.59 Å². The predicted octanol–water partition coefficient (Wildman–Crippen LogP) is 4.55. The van der Waals surface area contributed by atoms with Crippen LogP contribution < -0.4 is 9.64 Å². The van der Waals surface area contributed by atoms with Crippen LogP contribution in [-0.4, -0.2) is 11.8 Å². The minimum absolute atomic E-state index is 0.0570. The average Bonchev–Trinajstić information content (AvgIpc) is 3.32. The highest BCUT2D eigenvalue weighted by molar-refractivity contribution is 9.10. The van der Waals surface area contributed by atoms with Gasteiger partial charge in [-0.25, -0.2) is 0 Å². The molecule has 3 aliphatic rings. The van der Waals surface area contributed by atoms with Gasteiger partial charge in [-0.05, 0) is 66.8 Å². The van der Waals surface area contributed by atoms with Crippen LogP contribution in [0.1, 0.15) is 6.42 Å². The zero-order valence-corrected chi connectivity index (χ0v) is 15.4. The molecular formula is C21H16BrNO3. The number of amides is 2. The van der Waals surface area contributed by atoms with Crippen LogP contribution in [0.5, 0.6) is 11.5 Å². The zero-order valence-electron chi connectivity index (χ0n) is 13.8. The zero-order chi connectivity index (χ0) is 17.8. The van der Waals surface area contributed by atoms with Crippen LogP contribution in [0.2, 0.25) is 0 Å². The number of anilines is 1. The molecule has 2 amide bonds. The molecule has 4 atom stereocenters. The Kier molecular flexibility index (Phi) is 3.54. The second kappa shape index (κ2) is 5.81. The third-order valence-corrected chi connectivity index (χ3v) is 6.14. The third-order valence-electron chi connectivity index (χ3n) is 5.61. The van der Waals surface area contributed by atoms with Crippen LogP contribution in [0.4, 0.5) is 5.69 Å². The summed E-state index contributed by atoms with van der Waals surface area (Å²) in [5, 5.41) is 0. The topological polar surface area (TPSA) is 46.6 Å². The van der Waals surface area contributed by atoms with E-state index in [0.717, 1.165) is 16.6 Å². The molecule has 5 heteroatoms. The van der Waals surface area contributed by atoms with Gasteiger partial charge >= 0.3 is 0 Å². The fourth-order valence-electron chi connectivity index (χ4n) is 4.46. The van der Waals surface area contributed by atoms with E-state index in [1.54, 1.807) is 24.3 Å². The van der Waals surface area contributed by atoms with E-state index in [9.17, 15) is 9.59 Å². The van der Waals surface area contributed by atoms with Crippen molar-refractivity contribution in [2.45, 2.75) is 6.42 Å². The maximum Gasteiger partial charge on any atom is 0.238 e. The van der Waals surface area contributed by atoms with Gasteiger partial charge in [0.1, 0.15) is 11.5 Å². The van der Waals surface area contributed by atoms with Gasteiger partial charge in [-0.3, -0.25) is 14.5 Å². The molecule has 0 aromatic heterocycles. The molecule has 0 radical (unpaired) electrons. The number of allylic oxidation sites excluding steroid dienone is 2. The smallest absolute Gasteiger partial charge is 0.238 e. The Labute approximate surface area is 159 Å². The molecule has 2 aromatic carbocycles. The number of benzene rings is 2. The normalized spacial score (nSPS) is 28.7. The van der Waals surface area contributed by atoms with Gasteiger partial charge in [0.15, 0.2) is 0 Å². The molecule has 130 valence electrons.